The first-order valence-corrected chi connectivity index (χ1v) is 8.44. The number of nitrogens with two attached hydrogens (primary N) is 1. The zero-order valence-corrected chi connectivity index (χ0v) is 12.8. The van der Waals surface area contributed by atoms with Crippen LogP contribution < -0.4 is 5.73 Å². The quantitative estimate of drug-likeness (QED) is 0.902. The van der Waals surface area contributed by atoms with Crippen molar-refractivity contribution in [2.45, 2.75) is 10.6 Å². The van der Waals surface area contributed by atoms with Crippen molar-refractivity contribution in [2.75, 3.05) is 0 Å². The van der Waals surface area contributed by atoms with E-state index in [2.05, 4.69) is 20.9 Å². The molecular formula is C11H9BrN2O3S2. The number of aromatic nitrogens is 1. The molecule has 0 aliphatic carbocycles. The molecular weight excluding hydrogens is 352 g/mol. The maximum atomic E-state index is 12.3. The number of amides is 1. The Labute approximate surface area is 122 Å². The number of hydrogen-bond donors (Lipinski definition) is 1. The highest BCUT2D eigenvalue weighted by molar-refractivity contribution is 9.11. The third-order valence-corrected chi connectivity index (χ3v) is 5.76. The number of hydrogen-bond acceptors (Lipinski definition) is 5. The molecule has 1 aromatic carbocycles. The molecule has 0 atom stereocenters. The van der Waals surface area contributed by atoms with Crippen LogP contribution in [0.3, 0.4) is 0 Å². The van der Waals surface area contributed by atoms with Crippen molar-refractivity contribution in [1.29, 1.82) is 0 Å². The SMILES string of the molecule is NC(=O)c1ccccc1S(=O)(=O)Cc1ncsc1Br. The standard InChI is InChI=1S/C11H9BrN2O3S2/c12-10-8(14-6-18-10)5-19(16,17)9-4-2-1-3-7(9)11(13)15/h1-4,6H,5H2,(H2,13,15). The van der Waals surface area contributed by atoms with E-state index in [0.29, 0.717) is 9.48 Å². The van der Waals surface area contributed by atoms with Gasteiger partial charge in [0, 0.05) is 0 Å². The van der Waals surface area contributed by atoms with Gasteiger partial charge in [0.05, 0.1) is 31.2 Å². The van der Waals surface area contributed by atoms with Gasteiger partial charge in [-0.15, -0.1) is 11.3 Å². The predicted octanol–water partition coefficient (Wildman–Crippen LogP) is 1.98. The monoisotopic (exact) mass is 360 g/mol. The van der Waals surface area contributed by atoms with E-state index in [1.807, 2.05) is 0 Å². The zero-order valence-electron chi connectivity index (χ0n) is 9.54. The topological polar surface area (TPSA) is 90.1 Å². The fraction of sp³-hybridized carbons (Fsp3) is 0.0909. The van der Waals surface area contributed by atoms with E-state index in [0.717, 1.165) is 0 Å². The van der Waals surface area contributed by atoms with Crippen molar-refractivity contribution in [2.24, 2.45) is 5.73 Å². The lowest BCUT2D eigenvalue weighted by Crippen LogP contribution is -2.17. The van der Waals surface area contributed by atoms with Crippen LogP contribution in [0.15, 0.2) is 38.5 Å². The second kappa shape index (κ2) is 5.40. The molecule has 0 saturated carbocycles. The number of carbonyl (C=O) groups is 1. The van der Waals surface area contributed by atoms with Gasteiger partial charge >= 0.3 is 0 Å². The Bertz CT molecular complexity index is 725. The van der Waals surface area contributed by atoms with Crippen LogP contribution in [0.4, 0.5) is 0 Å². The highest BCUT2D eigenvalue weighted by atomic mass is 79.9. The molecule has 0 aliphatic rings. The van der Waals surface area contributed by atoms with Crippen molar-refractivity contribution in [3.63, 3.8) is 0 Å². The fourth-order valence-corrected chi connectivity index (χ4v) is 4.38. The number of halogens is 1. The molecule has 0 bridgehead atoms. The Kier molecular flexibility index (Phi) is 4.02. The van der Waals surface area contributed by atoms with E-state index < -0.39 is 15.7 Å². The summed E-state index contributed by atoms with van der Waals surface area (Å²) in [6.07, 6.45) is 0. The molecule has 0 spiro atoms. The van der Waals surface area contributed by atoms with Gasteiger partial charge in [0.2, 0.25) is 5.91 Å². The van der Waals surface area contributed by atoms with Crippen LogP contribution in [-0.2, 0) is 15.6 Å². The van der Waals surface area contributed by atoms with Gasteiger partial charge in [0.1, 0.15) is 0 Å². The first-order valence-electron chi connectivity index (χ1n) is 5.11. The molecule has 2 rings (SSSR count). The fourth-order valence-electron chi connectivity index (χ4n) is 1.55. The molecule has 1 amide bonds. The van der Waals surface area contributed by atoms with E-state index in [9.17, 15) is 13.2 Å². The molecule has 100 valence electrons. The summed E-state index contributed by atoms with van der Waals surface area (Å²) in [5.41, 5.74) is 7.15. The van der Waals surface area contributed by atoms with Gasteiger partial charge in [-0.3, -0.25) is 4.79 Å². The minimum atomic E-state index is -3.67. The molecule has 0 radical (unpaired) electrons. The molecule has 19 heavy (non-hydrogen) atoms. The molecule has 0 saturated heterocycles. The molecule has 2 aromatic rings. The van der Waals surface area contributed by atoms with Gasteiger partial charge in [-0.2, -0.15) is 0 Å². The Balaban J connectivity index is 2.46. The minimum Gasteiger partial charge on any atom is -0.366 e. The first kappa shape index (κ1) is 14.2. The minimum absolute atomic E-state index is 0.00569. The van der Waals surface area contributed by atoms with Crippen molar-refractivity contribution < 1.29 is 13.2 Å². The Morgan fingerprint density at radius 3 is 2.63 bits per heavy atom. The highest BCUT2D eigenvalue weighted by Crippen LogP contribution is 2.26. The van der Waals surface area contributed by atoms with Crippen LogP contribution in [0.2, 0.25) is 0 Å². The van der Waals surface area contributed by atoms with Crippen molar-refractivity contribution in [3.05, 3.63) is 44.8 Å². The smallest absolute Gasteiger partial charge is 0.250 e. The summed E-state index contributed by atoms with van der Waals surface area (Å²) in [4.78, 5) is 15.2. The molecule has 0 fully saturated rings. The average molecular weight is 361 g/mol. The zero-order chi connectivity index (χ0) is 14.0. The van der Waals surface area contributed by atoms with E-state index in [-0.39, 0.29) is 16.2 Å². The number of rotatable bonds is 4. The van der Waals surface area contributed by atoms with E-state index in [4.69, 9.17) is 5.73 Å². The Morgan fingerprint density at radius 1 is 1.37 bits per heavy atom. The van der Waals surface area contributed by atoms with Crippen LogP contribution >= 0.6 is 27.3 Å². The molecule has 0 unspecified atom stereocenters. The summed E-state index contributed by atoms with van der Waals surface area (Å²) in [5.74, 6) is -1.04. The maximum Gasteiger partial charge on any atom is 0.250 e. The molecule has 5 nitrogen and oxygen atoms in total. The highest BCUT2D eigenvalue weighted by Gasteiger charge is 2.23. The van der Waals surface area contributed by atoms with E-state index >= 15 is 0 Å². The number of primary amides is 1. The summed E-state index contributed by atoms with van der Waals surface area (Å²) in [6, 6.07) is 5.88. The Morgan fingerprint density at radius 2 is 2.05 bits per heavy atom. The lowest BCUT2D eigenvalue weighted by atomic mass is 10.2. The second-order valence-corrected chi connectivity index (χ2v) is 7.82. The summed E-state index contributed by atoms with van der Waals surface area (Å²) in [5, 5.41) is 0. The second-order valence-electron chi connectivity index (χ2n) is 3.69. The van der Waals surface area contributed by atoms with Crippen LogP contribution in [0.5, 0.6) is 0 Å². The van der Waals surface area contributed by atoms with Gasteiger partial charge < -0.3 is 5.73 Å². The number of sulfone groups is 1. The van der Waals surface area contributed by atoms with Crippen LogP contribution in [0.25, 0.3) is 0 Å². The third kappa shape index (κ3) is 3.02. The summed E-state index contributed by atoms with van der Waals surface area (Å²) < 4.78 is 25.3. The largest absolute Gasteiger partial charge is 0.366 e. The number of benzene rings is 1. The molecule has 1 aromatic heterocycles. The summed E-state index contributed by atoms with van der Waals surface area (Å²) >= 11 is 4.54. The number of carbonyl (C=O) groups excluding carboxylic acids is 1. The van der Waals surface area contributed by atoms with Crippen molar-refractivity contribution in [1.82, 2.24) is 4.98 Å². The summed E-state index contributed by atoms with van der Waals surface area (Å²) in [7, 11) is -3.67. The molecule has 2 N–H and O–H groups in total. The normalized spacial score (nSPS) is 11.4. The van der Waals surface area contributed by atoms with Gasteiger partial charge in [0.25, 0.3) is 0 Å². The van der Waals surface area contributed by atoms with E-state index in [1.54, 1.807) is 17.6 Å². The lowest BCUT2D eigenvalue weighted by molar-refractivity contribution is 0.0997. The van der Waals surface area contributed by atoms with Gasteiger partial charge in [-0.25, -0.2) is 13.4 Å². The maximum absolute atomic E-state index is 12.3. The molecule has 1 heterocycles. The molecule has 8 heteroatoms. The third-order valence-electron chi connectivity index (χ3n) is 2.41. The van der Waals surface area contributed by atoms with Crippen LogP contribution in [0, 0.1) is 0 Å². The van der Waals surface area contributed by atoms with Crippen molar-refractivity contribution >= 4 is 43.0 Å². The molecule has 0 aliphatic heterocycles. The van der Waals surface area contributed by atoms with Gasteiger partial charge in [-0.1, -0.05) is 12.1 Å². The predicted molar refractivity (Wildman–Crippen MR) is 75.7 cm³/mol. The number of nitrogens with zero attached hydrogens (tertiary/aromatic N) is 1. The summed E-state index contributed by atoms with van der Waals surface area (Å²) in [6.45, 7) is 0. The lowest BCUT2D eigenvalue weighted by Gasteiger charge is -2.07. The number of thiazole rings is 1. The Hall–Kier alpha value is -1.25. The van der Waals surface area contributed by atoms with Crippen LogP contribution in [-0.4, -0.2) is 19.3 Å². The first-order chi connectivity index (χ1) is 8.92. The van der Waals surface area contributed by atoms with Crippen LogP contribution in [0.1, 0.15) is 16.1 Å². The van der Waals surface area contributed by atoms with Gasteiger partial charge in [0.15, 0.2) is 9.84 Å². The van der Waals surface area contributed by atoms with Gasteiger partial charge in [-0.05, 0) is 28.1 Å². The van der Waals surface area contributed by atoms with Crippen molar-refractivity contribution in [3.8, 4) is 0 Å². The van der Waals surface area contributed by atoms with E-state index in [1.165, 1.54) is 23.5 Å². The average Bonchev–Trinajstić information content (AvgIpc) is 2.74.